The van der Waals surface area contributed by atoms with Crippen molar-refractivity contribution >= 4 is 40.7 Å². The number of thiocarbonyl (C=S) groups is 1. The molecule has 2 aromatic rings. The quantitative estimate of drug-likeness (QED) is 0.580. The van der Waals surface area contributed by atoms with Gasteiger partial charge in [0.2, 0.25) is 5.95 Å². The van der Waals surface area contributed by atoms with Crippen molar-refractivity contribution in [3.8, 4) is 0 Å². The summed E-state index contributed by atoms with van der Waals surface area (Å²) in [5.41, 5.74) is 2.37. The summed E-state index contributed by atoms with van der Waals surface area (Å²) in [4.78, 5) is 11.7. The van der Waals surface area contributed by atoms with E-state index in [9.17, 15) is 0 Å². The molecule has 2 heterocycles. The zero-order chi connectivity index (χ0) is 21.8. The molecule has 2 fully saturated rings. The van der Waals surface area contributed by atoms with Crippen molar-refractivity contribution in [3.05, 3.63) is 46.6 Å². The second-order valence-electron chi connectivity index (χ2n) is 9.19. The average molecular weight is 458 g/mol. The van der Waals surface area contributed by atoms with E-state index in [1.165, 1.54) is 31.2 Å². The third kappa shape index (κ3) is 5.47. The van der Waals surface area contributed by atoms with Crippen LogP contribution in [-0.4, -0.2) is 34.7 Å². The molecule has 4 rings (SSSR count). The topological polar surface area (TPSA) is 53.1 Å². The first-order valence-electron chi connectivity index (χ1n) is 11.4. The van der Waals surface area contributed by atoms with Crippen molar-refractivity contribution in [2.45, 2.75) is 57.8 Å². The molecule has 166 valence electrons. The summed E-state index contributed by atoms with van der Waals surface area (Å²) >= 11 is 11.7. The Labute approximate surface area is 196 Å². The number of anilines is 2. The highest BCUT2D eigenvalue weighted by Gasteiger charge is 2.35. The number of aryl methyl sites for hydroxylation is 1. The number of nitrogens with one attached hydrogen (secondary N) is 2. The number of hydrogen-bond acceptors (Lipinski definition) is 4. The van der Waals surface area contributed by atoms with Gasteiger partial charge >= 0.3 is 0 Å². The molecule has 31 heavy (non-hydrogen) atoms. The van der Waals surface area contributed by atoms with Gasteiger partial charge in [-0.3, -0.25) is 0 Å². The molecule has 0 amide bonds. The van der Waals surface area contributed by atoms with Crippen LogP contribution in [0.25, 0.3) is 0 Å². The molecule has 5 nitrogen and oxygen atoms in total. The predicted octanol–water partition coefficient (Wildman–Crippen LogP) is 5.47. The van der Waals surface area contributed by atoms with Crippen molar-refractivity contribution < 1.29 is 0 Å². The molecule has 0 unspecified atom stereocenters. The van der Waals surface area contributed by atoms with Crippen molar-refractivity contribution in [2.75, 3.05) is 29.9 Å². The highest BCUT2D eigenvalue weighted by Crippen LogP contribution is 2.41. The molecular weight excluding hydrogens is 426 g/mol. The molecule has 0 radical (unpaired) electrons. The molecule has 7 heteroatoms. The first kappa shape index (κ1) is 22.3. The first-order valence-corrected chi connectivity index (χ1v) is 12.1. The van der Waals surface area contributed by atoms with Crippen LogP contribution >= 0.6 is 23.8 Å². The molecule has 1 aromatic carbocycles. The van der Waals surface area contributed by atoms with E-state index >= 15 is 0 Å². The van der Waals surface area contributed by atoms with E-state index in [2.05, 4.69) is 45.6 Å². The normalized spacial score (nSPS) is 20.5. The molecule has 1 atom stereocenters. The Kier molecular flexibility index (Phi) is 6.97. The number of rotatable bonds is 5. The Bertz CT molecular complexity index is 911. The van der Waals surface area contributed by atoms with Crippen LogP contribution in [0.4, 0.5) is 11.8 Å². The van der Waals surface area contributed by atoms with Crippen LogP contribution in [-0.2, 0) is 5.41 Å². The van der Waals surface area contributed by atoms with Crippen LogP contribution in [0.5, 0.6) is 0 Å². The molecule has 1 aromatic heterocycles. The molecule has 0 spiro atoms. The Morgan fingerprint density at radius 3 is 2.65 bits per heavy atom. The van der Waals surface area contributed by atoms with Gasteiger partial charge < -0.3 is 15.5 Å². The second kappa shape index (κ2) is 9.70. The van der Waals surface area contributed by atoms with Gasteiger partial charge in [0.1, 0.15) is 5.82 Å². The summed E-state index contributed by atoms with van der Waals surface area (Å²) < 4.78 is 0. The number of aromatic nitrogens is 2. The summed E-state index contributed by atoms with van der Waals surface area (Å²) in [6.07, 6.45) is 7.28. The van der Waals surface area contributed by atoms with E-state index in [0.29, 0.717) is 17.0 Å². The number of halogens is 1. The zero-order valence-electron chi connectivity index (χ0n) is 18.5. The van der Waals surface area contributed by atoms with Crippen LogP contribution in [0.15, 0.2) is 30.3 Å². The van der Waals surface area contributed by atoms with E-state index < -0.39 is 0 Å². The standard InChI is InChI=1S/C24H32ClN5S/c1-17-6-5-13-30(15-17)21-14-18(2)27-22(28-21)29-23(31)26-16-24(11-3-4-12-24)19-7-9-20(25)10-8-19/h7-10,14,17H,3-6,11-13,15-16H2,1-2H3,(H2,26,27,28,29,31)/t17-/m1/s1. The van der Waals surface area contributed by atoms with Crippen LogP contribution < -0.4 is 15.5 Å². The van der Waals surface area contributed by atoms with Gasteiger partial charge in [-0.1, -0.05) is 43.5 Å². The monoisotopic (exact) mass is 457 g/mol. The van der Waals surface area contributed by atoms with Crippen LogP contribution in [0, 0.1) is 12.8 Å². The number of benzene rings is 1. The number of hydrogen-bond donors (Lipinski definition) is 2. The Balaban J connectivity index is 1.42. The molecule has 2 N–H and O–H groups in total. The minimum Gasteiger partial charge on any atom is -0.361 e. The van der Waals surface area contributed by atoms with Crippen LogP contribution in [0.2, 0.25) is 5.02 Å². The lowest BCUT2D eigenvalue weighted by Gasteiger charge is -2.32. The maximum Gasteiger partial charge on any atom is 0.231 e. The van der Waals surface area contributed by atoms with Gasteiger partial charge in [0.15, 0.2) is 5.11 Å². The van der Waals surface area contributed by atoms with E-state index in [0.717, 1.165) is 49.0 Å². The van der Waals surface area contributed by atoms with Gasteiger partial charge in [-0.2, -0.15) is 4.98 Å². The third-order valence-electron chi connectivity index (χ3n) is 6.65. The summed E-state index contributed by atoms with van der Waals surface area (Å²) in [5, 5.41) is 8.02. The maximum absolute atomic E-state index is 6.11. The average Bonchev–Trinajstić information content (AvgIpc) is 3.22. The SMILES string of the molecule is Cc1cc(N2CCC[C@@H](C)C2)nc(NC(=S)NCC2(c3ccc(Cl)cc3)CCCC2)n1. The first-order chi connectivity index (χ1) is 14.9. The Hall–Kier alpha value is -1.92. The lowest BCUT2D eigenvalue weighted by Crippen LogP contribution is -2.41. The maximum atomic E-state index is 6.11. The highest BCUT2D eigenvalue weighted by atomic mass is 35.5. The predicted molar refractivity (Wildman–Crippen MR) is 133 cm³/mol. The fourth-order valence-corrected chi connectivity index (χ4v) is 5.27. The fourth-order valence-electron chi connectivity index (χ4n) is 4.99. The van der Waals surface area contributed by atoms with E-state index in [1.54, 1.807) is 0 Å². The lowest BCUT2D eigenvalue weighted by atomic mass is 9.79. The second-order valence-corrected chi connectivity index (χ2v) is 10.0. The minimum atomic E-state index is 0.0961. The van der Waals surface area contributed by atoms with Gasteiger partial charge in [0.05, 0.1) is 0 Å². The smallest absolute Gasteiger partial charge is 0.231 e. The van der Waals surface area contributed by atoms with Gasteiger partial charge in [-0.05, 0) is 68.4 Å². The molecule has 0 bridgehead atoms. The molecule has 1 aliphatic carbocycles. The Morgan fingerprint density at radius 1 is 1.19 bits per heavy atom. The van der Waals surface area contributed by atoms with Crippen molar-refractivity contribution in [1.29, 1.82) is 0 Å². The largest absolute Gasteiger partial charge is 0.361 e. The van der Waals surface area contributed by atoms with Gasteiger partial charge in [0, 0.05) is 41.8 Å². The fraction of sp³-hybridized carbons (Fsp3) is 0.542. The molecule has 1 aliphatic heterocycles. The van der Waals surface area contributed by atoms with Gasteiger partial charge in [-0.25, -0.2) is 4.98 Å². The van der Waals surface area contributed by atoms with Gasteiger partial charge in [0.25, 0.3) is 0 Å². The lowest BCUT2D eigenvalue weighted by molar-refractivity contribution is 0.435. The van der Waals surface area contributed by atoms with Crippen LogP contribution in [0.3, 0.4) is 0 Å². The third-order valence-corrected chi connectivity index (χ3v) is 7.15. The molecule has 1 saturated heterocycles. The highest BCUT2D eigenvalue weighted by molar-refractivity contribution is 7.80. The summed E-state index contributed by atoms with van der Waals surface area (Å²) in [6.45, 7) is 7.20. The van der Waals surface area contributed by atoms with Crippen molar-refractivity contribution in [1.82, 2.24) is 15.3 Å². The van der Waals surface area contributed by atoms with Crippen molar-refractivity contribution in [2.24, 2.45) is 5.92 Å². The van der Waals surface area contributed by atoms with Gasteiger partial charge in [-0.15, -0.1) is 0 Å². The van der Waals surface area contributed by atoms with E-state index in [1.807, 2.05) is 19.1 Å². The number of nitrogens with zero attached hydrogens (tertiary/aromatic N) is 3. The molecular formula is C24H32ClN5S. The number of piperidine rings is 1. The molecule has 2 aliphatic rings. The summed E-state index contributed by atoms with van der Waals surface area (Å²) in [6, 6.07) is 10.3. The summed E-state index contributed by atoms with van der Waals surface area (Å²) in [7, 11) is 0. The van der Waals surface area contributed by atoms with Crippen LogP contribution in [0.1, 0.15) is 56.7 Å². The van der Waals surface area contributed by atoms with Crippen molar-refractivity contribution in [3.63, 3.8) is 0 Å². The molecule has 1 saturated carbocycles. The van der Waals surface area contributed by atoms with E-state index in [-0.39, 0.29) is 5.41 Å². The zero-order valence-corrected chi connectivity index (χ0v) is 20.0. The summed E-state index contributed by atoms with van der Waals surface area (Å²) in [5.74, 6) is 2.24. The van der Waals surface area contributed by atoms with E-state index in [4.69, 9.17) is 28.8 Å². The minimum absolute atomic E-state index is 0.0961. The Morgan fingerprint density at radius 2 is 1.94 bits per heavy atom.